The van der Waals surface area contributed by atoms with Crippen molar-refractivity contribution >= 4 is 17.2 Å². The van der Waals surface area contributed by atoms with Gasteiger partial charge in [0.1, 0.15) is 0 Å². The van der Waals surface area contributed by atoms with Gasteiger partial charge in [0.05, 0.1) is 0 Å². The van der Waals surface area contributed by atoms with Gasteiger partial charge in [0.25, 0.3) is 0 Å². The molecule has 18 heavy (non-hydrogen) atoms. The second-order valence-electron chi connectivity index (χ2n) is 5.48. The predicted molar refractivity (Wildman–Crippen MR) is 79.8 cm³/mol. The molecule has 0 aliphatic heterocycles. The Hall–Kier alpha value is -0.790. The summed E-state index contributed by atoms with van der Waals surface area (Å²) in [6, 6.07) is 6.49. The van der Waals surface area contributed by atoms with Crippen molar-refractivity contribution in [2.75, 3.05) is 0 Å². The van der Waals surface area contributed by atoms with E-state index in [4.69, 9.17) is 17.3 Å². The highest BCUT2D eigenvalue weighted by Crippen LogP contribution is 2.30. The number of allylic oxidation sites excluding steroid dienone is 1. The average Bonchev–Trinajstić information content (AvgIpc) is 2.72. The first-order chi connectivity index (χ1) is 8.58. The van der Waals surface area contributed by atoms with E-state index in [-0.39, 0.29) is 0 Å². The molecule has 1 aromatic carbocycles. The van der Waals surface area contributed by atoms with Crippen LogP contribution in [0.15, 0.2) is 24.8 Å². The highest BCUT2D eigenvalue weighted by Gasteiger charge is 2.23. The van der Waals surface area contributed by atoms with Gasteiger partial charge in [-0.2, -0.15) is 0 Å². The molecule has 1 saturated carbocycles. The molecule has 1 fully saturated rings. The lowest BCUT2D eigenvalue weighted by Gasteiger charge is -2.16. The zero-order chi connectivity index (χ0) is 13.1. The number of rotatable bonds is 4. The third-order valence-corrected chi connectivity index (χ3v) is 4.26. The summed E-state index contributed by atoms with van der Waals surface area (Å²) in [5.41, 5.74) is 9.79. The summed E-state index contributed by atoms with van der Waals surface area (Å²) >= 11 is 6.09. The van der Waals surface area contributed by atoms with E-state index < -0.39 is 0 Å². The summed E-state index contributed by atoms with van der Waals surface area (Å²) < 4.78 is 0. The Morgan fingerprint density at radius 1 is 1.44 bits per heavy atom. The quantitative estimate of drug-likeness (QED) is 0.854. The highest BCUT2D eigenvalue weighted by atomic mass is 35.5. The minimum absolute atomic E-state index is 0.400. The van der Waals surface area contributed by atoms with Crippen LogP contribution in [-0.2, 0) is 6.42 Å². The zero-order valence-corrected chi connectivity index (χ0v) is 11.8. The van der Waals surface area contributed by atoms with E-state index in [0.29, 0.717) is 12.0 Å². The van der Waals surface area contributed by atoms with Crippen LogP contribution < -0.4 is 5.73 Å². The van der Waals surface area contributed by atoms with Crippen molar-refractivity contribution < 1.29 is 0 Å². The molecule has 0 unspecified atom stereocenters. The molecule has 0 bridgehead atoms. The molecule has 2 heteroatoms. The van der Waals surface area contributed by atoms with Crippen LogP contribution in [0.3, 0.4) is 0 Å². The van der Waals surface area contributed by atoms with Crippen molar-refractivity contribution in [3.05, 3.63) is 40.9 Å². The Balaban J connectivity index is 2.08. The van der Waals surface area contributed by atoms with Crippen LogP contribution in [0.25, 0.3) is 5.57 Å². The van der Waals surface area contributed by atoms with E-state index in [1.54, 1.807) is 0 Å². The second kappa shape index (κ2) is 5.90. The van der Waals surface area contributed by atoms with Crippen LogP contribution >= 0.6 is 11.6 Å². The molecule has 0 saturated heterocycles. The van der Waals surface area contributed by atoms with Gasteiger partial charge in [0, 0.05) is 11.1 Å². The fourth-order valence-corrected chi connectivity index (χ4v) is 3.15. The first-order valence-corrected chi connectivity index (χ1v) is 7.15. The normalized spacial score (nSPS) is 23.3. The van der Waals surface area contributed by atoms with Gasteiger partial charge in [0.2, 0.25) is 0 Å². The molecule has 2 atom stereocenters. The third kappa shape index (κ3) is 3.15. The van der Waals surface area contributed by atoms with Crippen molar-refractivity contribution in [2.24, 2.45) is 11.7 Å². The summed E-state index contributed by atoms with van der Waals surface area (Å²) in [5.74, 6) is 0.682. The molecule has 0 heterocycles. The summed E-state index contributed by atoms with van der Waals surface area (Å²) in [6.45, 7) is 6.09. The summed E-state index contributed by atoms with van der Waals surface area (Å²) in [4.78, 5) is 0. The lowest BCUT2D eigenvalue weighted by Crippen LogP contribution is -2.24. The van der Waals surface area contributed by atoms with Gasteiger partial charge in [-0.05, 0) is 61.8 Å². The Morgan fingerprint density at radius 2 is 2.22 bits per heavy atom. The minimum atomic E-state index is 0.400. The molecule has 0 spiro atoms. The summed E-state index contributed by atoms with van der Waals surface area (Å²) in [6.07, 6.45) is 5.98. The molecule has 0 amide bonds. The van der Waals surface area contributed by atoms with Crippen molar-refractivity contribution in [1.29, 1.82) is 0 Å². The van der Waals surface area contributed by atoms with Crippen LogP contribution in [0.4, 0.5) is 0 Å². The molecular weight excluding hydrogens is 242 g/mol. The van der Waals surface area contributed by atoms with Gasteiger partial charge in [-0.15, -0.1) is 0 Å². The van der Waals surface area contributed by atoms with Gasteiger partial charge < -0.3 is 5.73 Å². The van der Waals surface area contributed by atoms with Crippen LogP contribution in [0.2, 0.25) is 5.02 Å². The number of benzene rings is 1. The maximum Gasteiger partial charge on any atom is 0.0409 e. The van der Waals surface area contributed by atoms with Crippen molar-refractivity contribution in [3.8, 4) is 0 Å². The van der Waals surface area contributed by atoms with Gasteiger partial charge in [-0.3, -0.25) is 0 Å². The van der Waals surface area contributed by atoms with Gasteiger partial charge in [0.15, 0.2) is 0 Å². The monoisotopic (exact) mass is 263 g/mol. The first kappa shape index (κ1) is 13.6. The lowest BCUT2D eigenvalue weighted by molar-refractivity contribution is 0.447. The van der Waals surface area contributed by atoms with Crippen LogP contribution in [0.5, 0.6) is 0 Å². The molecular formula is C16H22ClN. The molecule has 1 aliphatic rings. The van der Waals surface area contributed by atoms with Crippen molar-refractivity contribution in [2.45, 2.75) is 45.1 Å². The standard InChI is InChI=1S/C16H22ClN/c1-11(2)15-9-8-14(17)10-13(15)7-6-12-4-3-5-16(12)18/h8-10,12,16H,1,3-7,18H2,2H3/t12-,16-/m0/s1. The number of hydrogen-bond donors (Lipinski definition) is 1. The van der Waals surface area contributed by atoms with Crippen molar-refractivity contribution in [3.63, 3.8) is 0 Å². The van der Waals surface area contributed by atoms with Crippen molar-refractivity contribution in [1.82, 2.24) is 0 Å². The maximum absolute atomic E-state index is 6.13. The topological polar surface area (TPSA) is 26.0 Å². The Morgan fingerprint density at radius 3 is 2.83 bits per heavy atom. The van der Waals surface area contributed by atoms with Crippen LogP contribution in [-0.4, -0.2) is 6.04 Å². The molecule has 1 nitrogen and oxygen atoms in total. The number of nitrogens with two attached hydrogens (primary N) is 1. The van der Waals surface area contributed by atoms with Gasteiger partial charge in [-0.25, -0.2) is 0 Å². The van der Waals surface area contributed by atoms with E-state index in [9.17, 15) is 0 Å². The number of aryl methyl sites for hydroxylation is 1. The number of halogens is 1. The third-order valence-electron chi connectivity index (χ3n) is 4.03. The van der Waals surface area contributed by atoms with Gasteiger partial charge >= 0.3 is 0 Å². The highest BCUT2D eigenvalue weighted by molar-refractivity contribution is 6.30. The Labute approximate surface area is 115 Å². The van der Waals surface area contributed by atoms with E-state index in [2.05, 4.69) is 18.7 Å². The van der Waals surface area contributed by atoms with Crippen LogP contribution in [0, 0.1) is 5.92 Å². The maximum atomic E-state index is 6.13. The molecule has 1 aliphatic carbocycles. The fraction of sp³-hybridized carbons (Fsp3) is 0.500. The Bertz CT molecular complexity index is 439. The SMILES string of the molecule is C=C(C)c1ccc(Cl)cc1CC[C@@H]1CCC[C@@H]1N. The minimum Gasteiger partial charge on any atom is -0.327 e. The van der Waals surface area contributed by atoms with Crippen LogP contribution in [0.1, 0.15) is 43.7 Å². The second-order valence-corrected chi connectivity index (χ2v) is 5.91. The summed E-state index contributed by atoms with van der Waals surface area (Å²) in [5, 5.41) is 0.811. The lowest BCUT2D eigenvalue weighted by atomic mass is 9.92. The molecule has 0 aromatic heterocycles. The zero-order valence-electron chi connectivity index (χ0n) is 11.1. The van der Waals surface area contributed by atoms with E-state index in [1.165, 1.54) is 36.8 Å². The predicted octanol–water partition coefficient (Wildman–Crippen LogP) is 4.43. The number of hydrogen-bond acceptors (Lipinski definition) is 1. The average molecular weight is 264 g/mol. The van der Waals surface area contributed by atoms with E-state index >= 15 is 0 Å². The smallest absolute Gasteiger partial charge is 0.0409 e. The molecule has 98 valence electrons. The fourth-order valence-electron chi connectivity index (χ4n) is 2.95. The van der Waals surface area contributed by atoms with Gasteiger partial charge in [-0.1, -0.05) is 36.2 Å². The Kier molecular flexibility index (Phi) is 4.47. The molecule has 2 N–H and O–H groups in total. The first-order valence-electron chi connectivity index (χ1n) is 6.78. The molecule has 0 radical (unpaired) electrons. The molecule has 1 aromatic rings. The van der Waals surface area contributed by atoms with E-state index in [0.717, 1.165) is 17.0 Å². The largest absolute Gasteiger partial charge is 0.327 e. The molecule has 2 rings (SSSR count). The van der Waals surface area contributed by atoms with E-state index in [1.807, 2.05) is 13.0 Å². The summed E-state index contributed by atoms with van der Waals surface area (Å²) in [7, 11) is 0.